The predicted octanol–water partition coefficient (Wildman–Crippen LogP) is 3.09. The molecule has 2 saturated carbocycles. The number of para-hydroxylation sites is 1. The molecule has 3 heteroatoms. The van der Waals surface area contributed by atoms with E-state index in [-0.39, 0.29) is 11.8 Å². The summed E-state index contributed by atoms with van der Waals surface area (Å²) in [6.45, 7) is 1.71. The Kier molecular flexibility index (Phi) is 3.16. The Morgan fingerprint density at radius 3 is 2.90 bits per heavy atom. The van der Waals surface area contributed by atoms with E-state index in [4.69, 9.17) is 0 Å². The van der Waals surface area contributed by atoms with Gasteiger partial charge in [-0.25, -0.2) is 0 Å². The van der Waals surface area contributed by atoms with Gasteiger partial charge < -0.3 is 10.2 Å². The summed E-state index contributed by atoms with van der Waals surface area (Å²) in [4.78, 5) is 14.8. The number of nitrogens with zero attached hydrogens (tertiary/aromatic N) is 1. The van der Waals surface area contributed by atoms with Gasteiger partial charge in [0.05, 0.1) is 5.92 Å². The van der Waals surface area contributed by atoms with E-state index in [1.807, 2.05) is 24.1 Å². The lowest BCUT2D eigenvalue weighted by Gasteiger charge is -2.28. The number of amides is 1. The Bertz CT molecular complexity index is 556. The van der Waals surface area contributed by atoms with Crippen LogP contribution in [0.4, 0.5) is 5.69 Å². The number of carbonyl (C=O) groups is 1. The highest BCUT2D eigenvalue weighted by molar-refractivity contribution is 5.88. The molecule has 1 aliphatic heterocycles. The maximum absolute atomic E-state index is 12.8. The number of rotatable bonds is 3. The molecule has 4 atom stereocenters. The molecule has 1 N–H and O–H groups in total. The molecule has 112 valence electrons. The fourth-order valence-electron chi connectivity index (χ4n) is 4.81. The molecule has 0 radical (unpaired) electrons. The predicted molar refractivity (Wildman–Crippen MR) is 84.2 cm³/mol. The van der Waals surface area contributed by atoms with Crippen molar-refractivity contribution in [1.29, 1.82) is 0 Å². The van der Waals surface area contributed by atoms with Gasteiger partial charge in [-0.2, -0.15) is 0 Å². The molecule has 1 heterocycles. The normalized spacial score (nSPS) is 32.8. The van der Waals surface area contributed by atoms with E-state index >= 15 is 0 Å². The van der Waals surface area contributed by atoms with E-state index in [1.54, 1.807) is 0 Å². The Morgan fingerprint density at radius 1 is 1.29 bits per heavy atom. The molecule has 1 amide bonds. The summed E-state index contributed by atoms with van der Waals surface area (Å²) in [5.74, 6) is 2.89. The molecular weight excluding hydrogens is 260 g/mol. The average Bonchev–Trinajstić information content (AvgIpc) is 3.21. The monoisotopic (exact) mass is 284 g/mol. The van der Waals surface area contributed by atoms with Gasteiger partial charge in [0.15, 0.2) is 0 Å². The zero-order valence-electron chi connectivity index (χ0n) is 12.7. The quantitative estimate of drug-likeness (QED) is 0.925. The first-order chi connectivity index (χ1) is 10.2. The average molecular weight is 284 g/mol. The van der Waals surface area contributed by atoms with Crippen molar-refractivity contribution in [2.45, 2.75) is 31.6 Å². The largest absolute Gasteiger partial charge is 0.384 e. The van der Waals surface area contributed by atoms with E-state index in [9.17, 15) is 4.79 Å². The number of likely N-dealkylation sites (N-methyl/N-ethyl adjacent to an activating group) is 1. The third kappa shape index (κ3) is 2.23. The van der Waals surface area contributed by atoms with Crippen molar-refractivity contribution in [3.05, 3.63) is 29.8 Å². The highest BCUT2D eigenvalue weighted by Gasteiger charge is 2.41. The summed E-state index contributed by atoms with van der Waals surface area (Å²) in [5, 5.41) is 3.36. The van der Waals surface area contributed by atoms with Crippen LogP contribution in [-0.2, 0) is 4.79 Å². The van der Waals surface area contributed by atoms with E-state index in [1.165, 1.54) is 31.2 Å². The van der Waals surface area contributed by atoms with Crippen molar-refractivity contribution < 1.29 is 4.79 Å². The smallest absolute Gasteiger partial charge is 0.231 e. The Hall–Kier alpha value is -1.51. The first-order valence-corrected chi connectivity index (χ1v) is 8.30. The minimum Gasteiger partial charge on any atom is -0.384 e. The number of carbonyl (C=O) groups excluding carboxylic acids is 1. The third-order valence-electron chi connectivity index (χ3n) is 5.90. The van der Waals surface area contributed by atoms with Crippen LogP contribution in [0.5, 0.6) is 0 Å². The molecule has 21 heavy (non-hydrogen) atoms. The lowest BCUT2D eigenvalue weighted by atomic mass is 9.88. The minimum atomic E-state index is 0.00444. The van der Waals surface area contributed by atoms with Crippen molar-refractivity contribution in [2.24, 2.45) is 17.8 Å². The van der Waals surface area contributed by atoms with Crippen LogP contribution >= 0.6 is 0 Å². The molecule has 1 aromatic rings. The van der Waals surface area contributed by atoms with Gasteiger partial charge in [0.25, 0.3) is 0 Å². The second-order valence-corrected chi connectivity index (χ2v) is 7.17. The van der Waals surface area contributed by atoms with Crippen LogP contribution in [-0.4, -0.2) is 30.9 Å². The molecule has 2 aliphatic carbocycles. The van der Waals surface area contributed by atoms with Crippen LogP contribution in [0.3, 0.4) is 0 Å². The molecule has 3 nitrogen and oxygen atoms in total. The summed E-state index contributed by atoms with van der Waals surface area (Å²) < 4.78 is 0. The molecule has 2 fully saturated rings. The van der Waals surface area contributed by atoms with E-state index in [0.29, 0.717) is 0 Å². The number of anilines is 1. The first kappa shape index (κ1) is 13.2. The first-order valence-electron chi connectivity index (χ1n) is 8.30. The third-order valence-corrected chi connectivity index (χ3v) is 5.90. The Labute approximate surface area is 126 Å². The maximum atomic E-state index is 12.8. The van der Waals surface area contributed by atoms with Gasteiger partial charge in [0.2, 0.25) is 5.91 Å². The zero-order chi connectivity index (χ0) is 14.4. The summed E-state index contributed by atoms with van der Waals surface area (Å²) in [7, 11) is 2.00. The number of hydrogen-bond donors (Lipinski definition) is 1. The van der Waals surface area contributed by atoms with Crippen molar-refractivity contribution in [1.82, 2.24) is 4.90 Å². The molecule has 0 spiro atoms. The number of benzene rings is 1. The van der Waals surface area contributed by atoms with Gasteiger partial charge in [-0.3, -0.25) is 4.79 Å². The fourth-order valence-corrected chi connectivity index (χ4v) is 4.81. The van der Waals surface area contributed by atoms with Gasteiger partial charge in [-0.1, -0.05) is 24.6 Å². The number of nitrogens with one attached hydrogen (secondary N) is 1. The van der Waals surface area contributed by atoms with Crippen molar-refractivity contribution in [3.8, 4) is 0 Å². The SMILES string of the molecule is CN(CC1CC2CCC1C2)C(=O)C1CNc2ccccc21. The summed E-state index contributed by atoms with van der Waals surface area (Å²) in [6, 6.07) is 8.21. The summed E-state index contributed by atoms with van der Waals surface area (Å²) in [5.41, 5.74) is 2.30. The summed E-state index contributed by atoms with van der Waals surface area (Å²) >= 11 is 0. The van der Waals surface area contributed by atoms with Crippen molar-refractivity contribution in [3.63, 3.8) is 0 Å². The fraction of sp³-hybridized carbons (Fsp3) is 0.611. The van der Waals surface area contributed by atoms with E-state index < -0.39 is 0 Å². The topological polar surface area (TPSA) is 32.3 Å². The van der Waals surface area contributed by atoms with Crippen LogP contribution in [0.2, 0.25) is 0 Å². The standard InChI is InChI=1S/C18H24N2O/c1-20(11-14-9-12-6-7-13(14)8-12)18(21)16-10-19-17-5-3-2-4-15(16)17/h2-5,12-14,16,19H,6-11H2,1H3. The lowest BCUT2D eigenvalue weighted by Crippen LogP contribution is -2.37. The van der Waals surface area contributed by atoms with Crippen LogP contribution in [0.15, 0.2) is 24.3 Å². The second kappa shape index (κ2) is 5.04. The maximum Gasteiger partial charge on any atom is 0.231 e. The van der Waals surface area contributed by atoms with Gasteiger partial charge in [0.1, 0.15) is 0 Å². The molecular formula is C18H24N2O. The Balaban J connectivity index is 1.43. The zero-order valence-corrected chi connectivity index (χ0v) is 12.7. The minimum absolute atomic E-state index is 0.00444. The second-order valence-electron chi connectivity index (χ2n) is 7.17. The van der Waals surface area contributed by atoms with Crippen LogP contribution in [0.25, 0.3) is 0 Å². The van der Waals surface area contributed by atoms with Gasteiger partial charge in [-0.15, -0.1) is 0 Å². The van der Waals surface area contributed by atoms with Crippen LogP contribution in [0.1, 0.15) is 37.2 Å². The van der Waals surface area contributed by atoms with E-state index in [0.717, 1.165) is 36.5 Å². The molecule has 0 aromatic heterocycles. The van der Waals surface area contributed by atoms with Crippen LogP contribution in [0, 0.1) is 17.8 Å². The van der Waals surface area contributed by atoms with Crippen LogP contribution < -0.4 is 5.32 Å². The van der Waals surface area contributed by atoms with Gasteiger partial charge >= 0.3 is 0 Å². The van der Waals surface area contributed by atoms with Crippen molar-refractivity contribution in [2.75, 3.05) is 25.5 Å². The molecule has 4 rings (SSSR count). The molecule has 2 bridgehead atoms. The summed E-state index contributed by atoms with van der Waals surface area (Å²) in [6.07, 6.45) is 5.59. The van der Waals surface area contributed by atoms with Gasteiger partial charge in [-0.05, 0) is 48.6 Å². The molecule has 3 aliphatic rings. The molecule has 4 unspecified atom stereocenters. The number of fused-ring (bicyclic) bond motifs is 3. The van der Waals surface area contributed by atoms with Crippen molar-refractivity contribution >= 4 is 11.6 Å². The van der Waals surface area contributed by atoms with E-state index in [2.05, 4.69) is 17.4 Å². The lowest BCUT2D eigenvalue weighted by molar-refractivity contribution is -0.131. The molecule has 0 saturated heterocycles. The Morgan fingerprint density at radius 2 is 2.14 bits per heavy atom. The van der Waals surface area contributed by atoms with Gasteiger partial charge in [0, 0.05) is 25.8 Å². The highest BCUT2D eigenvalue weighted by atomic mass is 16.2. The number of hydrogen-bond acceptors (Lipinski definition) is 2. The molecule has 1 aromatic carbocycles. The highest BCUT2D eigenvalue weighted by Crippen LogP contribution is 2.48.